The van der Waals surface area contributed by atoms with Crippen LogP contribution in [0.5, 0.6) is 17.6 Å². The number of rotatable bonds is 6. The van der Waals surface area contributed by atoms with Gasteiger partial charge in [0.05, 0.1) is 37.1 Å². The number of amides is 2. The molecule has 0 saturated heterocycles. The fourth-order valence-electron chi connectivity index (χ4n) is 3.29. The molecule has 0 saturated carbocycles. The average molecular weight is 489 g/mol. The van der Waals surface area contributed by atoms with Gasteiger partial charge in [-0.2, -0.15) is 10.1 Å². The number of carbonyl (C=O) groups excluding carboxylic acids is 1. The summed E-state index contributed by atoms with van der Waals surface area (Å²) in [5, 5.41) is 8.95. The summed E-state index contributed by atoms with van der Waals surface area (Å²) in [5.74, 6) is -0.478. The minimum atomic E-state index is -0.785. The van der Waals surface area contributed by atoms with Gasteiger partial charge in [0.1, 0.15) is 17.4 Å². The number of halogens is 2. The van der Waals surface area contributed by atoms with Gasteiger partial charge in [0.2, 0.25) is 5.88 Å². The Kier molecular flexibility index (Phi) is 6.05. The monoisotopic (exact) mass is 489 g/mol. The lowest BCUT2D eigenvalue weighted by Crippen LogP contribution is -2.20. The molecule has 12 heteroatoms. The lowest BCUT2D eigenvalue weighted by atomic mass is 10.1. The molecule has 0 aliphatic rings. The summed E-state index contributed by atoms with van der Waals surface area (Å²) < 4.78 is 39.4. The highest BCUT2D eigenvalue weighted by molar-refractivity contribution is 5.99. The van der Waals surface area contributed by atoms with E-state index in [1.54, 1.807) is 42.2 Å². The fourth-order valence-corrected chi connectivity index (χ4v) is 3.29. The van der Waals surface area contributed by atoms with Crippen LogP contribution in [0.25, 0.3) is 16.8 Å². The van der Waals surface area contributed by atoms with Crippen LogP contribution in [-0.4, -0.2) is 37.7 Å². The van der Waals surface area contributed by atoms with Crippen molar-refractivity contribution in [1.29, 1.82) is 0 Å². The number of hydrogen-bond acceptors (Lipinski definition) is 7. The zero-order valence-electron chi connectivity index (χ0n) is 18.6. The quantitative estimate of drug-likeness (QED) is 0.348. The number of fused-ring (bicyclic) bond motifs is 1. The normalized spacial score (nSPS) is 10.8. The zero-order chi connectivity index (χ0) is 25.1. The molecule has 180 valence electrons. The summed E-state index contributed by atoms with van der Waals surface area (Å²) in [4.78, 5) is 24.6. The van der Waals surface area contributed by atoms with Gasteiger partial charge in [-0.25, -0.2) is 28.1 Å². The van der Waals surface area contributed by atoms with Crippen LogP contribution in [0.1, 0.15) is 0 Å². The van der Waals surface area contributed by atoms with E-state index in [1.165, 1.54) is 12.4 Å². The van der Waals surface area contributed by atoms with Crippen LogP contribution in [0.15, 0.2) is 73.3 Å². The molecule has 0 bridgehead atoms. The molecule has 5 rings (SSSR count). The lowest BCUT2D eigenvalue weighted by Gasteiger charge is -2.09. The number of anilines is 2. The van der Waals surface area contributed by atoms with Gasteiger partial charge < -0.3 is 20.1 Å². The van der Waals surface area contributed by atoms with E-state index in [-0.39, 0.29) is 17.4 Å². The van der Waals surface area contributed by atoms with E-state index in [0.29, 0.717) is 17.3 Å². The van der Waals surface area contributed by atoms with Crippen LogP contribution in [0, 0.1) is 11.6 Å². The Morgan fingerprint density at radius 3 is 2.50 bits per heavy atom. The molecule has 0 radical (unpaired) electrons. The average Bonchev–Trinajstić information content (AvgIpc) is 3.31. The Morgan fingerprint density at radius 2 is 1.75 bits per heavy atom. The molecule has 10 nitrogen and oxygen atoms in total. The molecule has 2 aromatic carbocycles. The second-order valence-corrected chi connectivity index (χ2v) is 7.38. The Bertz CT molecular complexity index is 1540. The number of ether oxygens (including phenoxy) is 2. The molecule has 36 heavy (non-hydrogen) atoms. The molecule has 2 N–H and O–H groups in total. The fraction of sp³-hybridized carbons (Fsp3) is 0.0417. The van der Waals surface area contributed by atoms with Crippen molar-refractivity contribution in [3.8, 4) is 28.8 Å². The van der Waals surface area contributed by atoms with Crippen molar-refractivity contribution in [3.05, 3.63) is 85.0 Å². The molecule has 2 amide bonds. The second-order valence-electron chi connectivity index (χ2n) is 7.38. The van der Waals surface area contributed by atoms with E-state index >= 15 is 0 Å². The minimum Gasteiger partial charge on any atom is -0.481 e. The predicted octanol–water partition coefficient (Wildman–Crippen LogP) is 4.91. The highest BCUT2D eigenvalue weighted by atomic mass is 19.1. The topological polar surface area (TPSA) is 116 Å². The van der Waals surface area contributed by atoms with Crippen molar-refractivity contribution in [2.45, 2.75) is 0 Å². The van der Waals surface area contributed by atoms with E-state index in [1.807, 2.05) is 12.1 Å². The number of nitrogens with one attached hydrogen (secondary N) is 2. The third-order valence-electron chi connectivity index (χ3n) is 4.99. The maximum atomic E-state index is 13.7. The van der Waals surface area contributed by atoms with Crippen LogP contribution < -0.4 is 20.1 Å². The van der Waals surface area contributed by atoms with E-state index in [4.69, 9.17) is 9.47 Å². The van der Waals surface area contributed by atoms with Crippen LogP contribution in [0.3, 0.4) is 0 Å². The molecule has 5 aromatic rings. The Morgan fingerprint density at radius 1 is 0.972 bits per heavy atom. The number of nitrogens with zero attached hydrogens (tertiary/aromatic N) is 5. The molecule has 0 unspecified atom stereocenters. The van der Waals surface area contributed by atoms with Crippen molar-refractivity contribution >= 4 is 23.1 Å². The predicted molar refractivity (Wildman–Crippen MR) is 126 cm³/mol. The van der Waals surface area contributed by atoms with E-state index < -0.39 is 17.7 Å². The molecular formula is C24H17F2N7O3. The lowest BCUT2D eigenvalue weighted by molar-refractivity contribution is 0.262. The summed E-state index contributed by atoms with van der Waals surface area (Å²) in [6.45, 7) is 0. The highest BCUT2D eigenvalue weighted by Gasteiger charge is 2.11. The number of benzene rings is 2. The second kappa shape index (κ2) is 9.62. The van der Waals surface area contributed by atoms with Crippen molar-refractivity contribution < 1.29 is 23.0 Å². The highest BCUT2D eigenvalue weighted by Crippen LogP contribution is 2.27. The van der Waals surface area contributed by atoms with Crippen LogP contribution in [-0.2, 0) is 0 Å². The first-order chi connectivity index (χ1) is 17.5. The van der Waals surface area contributed by atoms with Gasteiger partial charge in [0, 0.05) is 23.9 Å². The van der Waals surface area contributed by atoms with Gasteiger partial charge in [-0.15, -0.1) is 0 Å². The van der Waals surface area contributed by atoms with Gasteiger partial charge in [0.15, 0.2) is 5.65 Å². The molecular weight excluding hydrogens is 472 g/mol. The number of hydrogen-bond donors (Lipinski definition) is 2. The standard InChI is InChI=1S/C24H17F2N7O3/c1-35-21-8-9-33-22(32-21)18(13-29-33)14-2-5-17(6-3-14)36-24-27-11-16(12-28-24)30-23(34)31-20-10-15(25)4-7-19(20)26/h2-13H,1H3,(H2,30,31,34). The van der Waals surface area contributed by atoms with E-state index in [0.717, 1.165) is 29.3 Å². The van der Waals surface area contributed by atoms with Crippen molar-refractivity contribution in [2.75, 3.05) is 17.7 Å². The van der Waals surface area contributed by atoms with Crippen LogP contribution >= 0.6 is 0 Å². The van der Waals surface area contributed by atoms with Gasteiger partial charge in [-0.05, 0) is 29.8 Å². The number of carbonyl (C=O) groups is 1. The van der Waals surface area contributed by atoms with Gasteiger partial charge in [-0.3, -0.25) is 0 Å². The summed E-state index contributed by atoms with van der Waals surface area (Å²) in [7, 11) is 1.55. The van der Waals surface area contributed by atoms with Crippen LogP contribution in [0.2, 0.25) is 0 Å². The molecule has 0 spiro atoms. The minimum absolute atomic E-state index is 0.0484. The summed E-state index contributed by atoms with van der Waals surface area (Å²) in [6, 6.07) is 10.9. The van der Waals surface area contributed by atoms with E-state index in [9.17, 15) is 13.6 Å². The number of methoxy groups -OCH3 is 1. The Hall–Kier alpha value is -5.13. The molecule has 0 fully saturated rings. The molecule has 0 aliphatic carbocycles. The van der Waals surface area contributed by atoms with Crippen molar-refractivity contribution in [1.82, 2.24) is 24.6 Å². The Balaban J connectivity index is 1.23. The zero-order valence-corrected chi connectivity index (χ0v) is 18.6. The summed E-state index contributed by atoms with van der Waals surface area (Å²) in [5.41, 5.74) is 2.28. The number of urea groups is 1. The number of aromatic nitrogens is 5. The Labute approximate surface area is 202 Å². The molecule has 0 aliphatic heterocycles. The maximum Gasteiger partial charge on any atom is 0.323 e. The third-order valence-corrected chi connectivity index (χ3v) is 4.99. The van der Waals surface area contributed by atoms with Crippen molar-refractivity contribution in [2.24, 2.45) is 0 Å². The first-order valence-electron chi connectivity index (χ1n) is 10.5. The van der Waals surface area contributed by atoms with Gasteiger partial charge in [0.25, 0.3) is 0 Å². The maximum absolute atomic E-state index is 13.7. The van der Waals surface area contributed by atoms with Gasteiger partial charge >= 0.3 is 12.0 Å². The summed E-state index contributed by atoms with van der Waals surface area (Å²) in [6.07, 6.45) is 6.11. The van der Waals surface area contributed by atoms with Crippen molar-refractivity contribution in [3.63, 3.8) is 0 Å². The first-order valence-corrected chi connectivity index (χ1v) is 10.5. The molecule has 3 aromatic heterocycles. The first kappa shape index (κ1) is 22.7. The third kappa shape index (κ3) is 4.87. The largest absolute Gasteiger partial charge is 0.481 e. The SMILES string of the molecule is COc1ccn2ncc(-c3ccc(Oc4ncc(NC(=O)Nc5cc(F)ccc5F)cn4)cc3)c2n1. The smallest absolute Gasteiger partial charge is 0.323 e. The van der Waals surface area contributed by atoms with E-state index in [2.05, 4.69) is 30.7 Å². The molecule has 0 atom stereocenters. The van der Waals surface area contributed by atoms with Gasteiger partial charge in [-0.1, -0.05) is 12.1 Å². The van der Waals surface area contributed by atoms with Crippen LogP contribution in [0.4, 0.5) is 25.0 Å². The summed E-state index contributed by atoms with van der Waals surface area (Å²) >= 11 is 0. The molecule has 3 heterocycles.